The Bertz CT molecular complexity index is 97.4. The van der Waals surface area contributed by atoms with E-state index in [-0.39, 0.29) is 18.5 Å². The van der Waals surface area contributed by atoms with Crippen molar-refractivity contribution in [2.24, 2.45) is 0 Å². The highest BCUT2D eigenvalue weighted by atomic mass is 32.2. The van der Waals surface area contributed by atoms with E-state index in [2.05, 4.69) is 4.74 Å². The summed E-state index contributed by atoms with van der Waals surface area (Å²) in [5, 5.41) is 15.5. The summed E-state index contributed by atoms with van der Waals surface area (Å²) in [6.07, 6.45) is 0. The van der Waals surface area contributed by atoms with Gasteiger partial charge in [-0.1, -0.05) is 0 Å². The lowest BCUT2D eigenvalue weighted by atomic mass is 10.9. The van der Waals surface area contributed by atoms with Crippen LogP contribution in [-0.4, -0.2) is 41.1 Å². The second kappa shape index (κ2) is 13.3. The van der Waals surface area contributed by atoms with E-state index >= 15 is 0 Å². The normalized spacial score (nSPS) is 8.33. The van der Waals surface area contributed by atoms with Crippen molar-refractivity contribution in [2.45, 2.75) is 13.8 Å². The summed E-state index contributed by atoms with van der Waals surface area (Å²) in [5.74, 6) is 0.416. The number of ether oxygens (including phenoxy) is 1. The number of hydrogen-bond acceptors (Lipinski definition) is 5. The highest BCUT2D eigenvalue weighted by Gasteiger charge is 1.98. The molecule has 0 heterocycles. The van der Waals surface area contributed by atoms with E-state index in [0.717, 1.165) is 11.8 Å². The molecule has 4 nitrogen and oxygen atoms in total. The van der Waals surface area contributed by atoms with Gasteiger partial charge in [0.05, 0.1) is 13.2 Å². The van der Waals surface area contributed by atoms with E-state index < -0.39 is 0 Å². The van der Waals surface area contributed by atoms with Crippen LogP contribution in [0.4, 0.5) is 4.79 Å². The van der Waals surface area contributed by atoms with Crippen LogP contribution in [0.2, 0.25) is 0 Å². The molecule has 0 bridgehead atoms. The molecule has 74 valence electrons. The molecule has 0 radical (unpaired) electrons. The van der Waals surface area contributed by atoms with Gasteiger partial charge < -0.3 is 14.9 Å². The molecule has 0 saturated carbocycles. The van der Waals surface area contributed by atoms with Gasteiger partial charge in [0.2, 0.25) is 0 Å². The largest absolute Gasteiger partial charge is 0.458 e. The first-order valence-corrected chi connectivity index (χ1v) is 4.72. The molecule has 0 fully saturated rings. The average Bonchev–Trinajstić information content (AvgIpc) is 2.03. The summed E-state index contributed by atoms with van der Waals surface area (Å²) in [5.41, 5.74) is 0. The first-order chi connectivity index (χ1) is 5.72. The molecule has 2 N–H and O–H groups in total. The molecular weight excluding hydrogens is 180 g/mol. The van der Waals surface area contributed by atoms with Crippen molar-refractivity contribution in [2.75, 3.05) is 25.6 Å². The van der Waals surface area contributed by atoms with Gasteiger partial charge in [-0.05, 0) is 25.6 Å². The van der Waals surface area contributed by atoms with E-state index in [1.807, 2.05) is 0 Å². The van der Waals surface area contributed by atoms with Crippen LogP contribution < -0.4 is 0 Å². The summed E-state index contributed by atoms with van der Waals surface area (Å²) < 4.78 is 4.56. The van der Waals surface area contributed by atoms with Crippen molar-refractivity contribution < 1.29 is 19.7 Å². The van der Waals surface area contributed by atoms with E-state index in [1.165, 1.54) is 0 Å². The Morgan fingerprint density at radius 2 is 1.92 bits per heavy atom. The maximum Gasteiger partial charge on any atom is 0.367 e. The Balaban J connectivity index is 0. The summed E-state index contributed by atoms with van der Waals surface area (Å²) in [6.45, 7) is 4.10. The zero-order valence-electron chi connectivity index (χ0n) is 7.45. The third-order valence-corrected chi connectivity index (χ3v) is 1.31. The molecule has 0 aliphatic carbocycles. The molecule has 0 amide bonds. The third kappa shape index (κ3) is 16.4. The van der Waals surface area contributed by atoms with Gasteiger partial charge in [-0.15, -0.1) is 0 Å². The van der Waals surface area contributed by atoms with Crippen LogP contribution in [0.5, 0.6) is 0 Å². The monoisotopic (exact) mass is 196 g/mol. The van der Waals surface area contributed by atoms with Crippen molar-refractivity contribution >= 4 is 17.1 Å². The molecule has 0 rings (SSSR count). The van der Waals surface area contributed by atoms with E-state index in [1.54, 1.807) is 13.8 Å². The molecule has 0 unspecified atom stereocenters. The Hall–Kier alpha value is -0.260. The number of rotatable bonds is 3. The fourth-order valence-corrected chi connectivity index (χ4v) is 0.748. The topological polar surface area (TPSA) is 66.8 Å². The summed E-state index contributed by atoms with van der Waals surface area (Å²) in [4.78, 5) is 10.4. The van der Waals surface area contributed by atoms with Crippen LogP contribution in [0.3, 0.4) is 0 Å². The molecule has 0 aliphatic rings. The van der Waals surface area contributed by atoms with Crippen molar-refractivity contribution in [1.82, 2.24) is 0 Å². The number of carbonyl (C=O) groups excluding carboxylic acids is 1. The standard InChI is InChI=1S/C5H10O3S.C2H6O/c1-2-8-5(7)9-4-3-6;1-2-3/h6H,2-4H2,1H3;3H,2H2,1H3. The van der Waals surface area contributed by atoms with Crippen molar-refractivity contribution in [3.8, 4) is 0 Å². The predicted molar refractivity (Wildman–Crippen MR) is 49.3 cm³/mol. The number of hydrogen-bond donors (Lipinski definition) is 2. The maximum atomic E-state index is 10.4. The molecule has 0 aliphatic heterocycles. The lowest BCUT2D eigenvalue weighted by molar-refractivity contribution is 0.181. The van der Waals surface area contributed by atoms with Gasteiger partial charge in [0.1, 0.15) is 0 Å². The number of aliphatic hydroxyl groups is 2. The fraction of sp³-hybridized carbons (Fsp3) is 0.857. The zero-order chi connectivity index (χ0) is 9.82. The van der Waals surface area contributed by atoms with Crippen LogP contribution in [0.15, 0.2) is 0 Å². The highest BCUT2D eigenvalue weighted by Crippen LogP contribution is 2.02. The number of aliphatic hydroxyl groups excluding tert-OH is 2. The van der Waals surface area contributed by atoms with E-state index in [9.17, 15) is 4.79 Å². The number of thioether (sulfide) groups is 1. The van der Waals surface area contributed by atoms with Gasteiger partial charge in [0, 0.05) is 12.4 Å². The number of carbonyl (C=O) groups is 1. The van der Waals surface area contributed by atoms with Gasteiger partial charge in [0.15, 0.2) is 0 Å². The van der Waals surface area contributed by atoms with Crippen LogP contribution in [0.1, 0.15) is 13.8 Å². The summed E-state index contributed by atoms with van der Waals surface area (Å²) in [6, 6.07) is 0. The molecule has 0 aromatic heterocycles. The SMILES string of the molecule is CCO.CCOC(=O)SCCO. The Morgan fingerprint density at radius 1 is 1.42 bits per heavy atom. The van der Waals surface area contributed by atoms with Gasteiger partial charge >= 0.3 is 5.30 Å². The average molecular weight is 196 g/mol. The van der Waals surface area contributed by atoms with Crippen LogP contribution in [0, 0.1) is 0 Å². The summed E-state index contributed by atoms with van der Waals surface area (Å²) in [7, 11) is 0. The zero-order valence-corrected chi connectivity index (χ0v) is 8.26. The fourth-order valence-electron chi connectivity index (χ4n) is 0.288. The van der Waals surface area contributed by atoms with Gasteiger partial charge in [-0.2, -0.15) is 0 Å². The first-order valence-electron chi connectivity index (χ1n) is 3.74. The minimum Gasteiger partial charge on any atom is -0.458 e. The molecule has 0 atom stereocenters. The lowest BCUT2D eigenvalue weighted by Gasteiger charge is -1.97. The first kappa shape index (κ1) is 14.3. The second-order valence-corrected chi connectivity index (χ2v) is 2.60. The van der Waals surface area contributed by atoms with Crippen LogP contribution >= 0.6 is 11.8 Å². The Kier molecular flexibility index (Phi) is 15.9. The van der Waals surface area contributed by atoms with E-state index in [4.69, 9.17) is 10.2 Å². The predicted octanol–water partition coefficient (Wildman–Crippen LogP) is 0.867. The lowest BCUT2D eigenvalue weighted by Crippen LogP contribution is -1.98. The van der Waals surface area contributed by atoms with Crippen LogP contribution in [-0.2, 0) is 4.74 Å². The molecule has 12 heavy (non-hydrogen) atoms. The Morgan fingerprint density at radius 3 is 2.25 bits per heavy atom. The smallest absolute Gasteiger partial charge is 0.367 e. The summed E-state index contributed by atoms with van der Waals surface area (Å²) >= 11 is 0.990. The minimum atomic E-state index is -0.313. The van der Waals surface area contributed by atoms with Gasteiger partial charge in [-0.25, -0.2) is 4.79 Å². The molecule has 0 aromatic carbocycles. The minimum absolute atomic E-state index is 0.0173. The van der Waals surface area contributed by atoms with Crippen molar-refractivity contribution in [3.63, 3.8) is 0 Å². The quantitative estimate of drug-likeness (QED) is 0.655. The van der Waals surface area contributed by atoms with Crippen molar-refractivity contribution in [3.05, 3.63) is 0 Å². The highest BCUT2D eigenvalue weighted by molar-refractivity contribution is 8.13. The molecule has 0 aromatic rings. The maximum absolute atomic E-state index is 10.4. The second-order valence-electron chi connectivity index (χ2n) is 1.57. The molecular formula is C7H16O4S. The Labute approximate surface area is 76.9 Å². The molecule has 0 saturated heterocycles. The van der Waals surface area contributed by atoms with Crippen LogP contribution in [0.25, 0.3) is 0 Å². The van der Waals surface area contributed by atoms with E-state index in [0.29, 0.717) is 12.4 Å². The molecule has 0 spiro atoms. The van der Waals surface area contributed by atoms with Crippen molar-refractivity contribution in [1.29, 1.82) is 0 Å². The third-order valence-electron chi connectivity index (χ3n) is 0.573. The van der Waals surface area contributed by atoms with Gasteiger partial charge in [-0.3, -0.25) is 0 Å². The van der Waals surface area contributed by atoms with Gasteiger partial charge in [0.25, 0.3) is 0 Å². The molecule has 5 heteroatoms.